The van der Waals surface area contributed by atoms with Crippen LogP contribution in [0.5, 0.6) is 0 Å². The molecule has 0 saturated carbocycles. The highest BCUT2D eigenvalue weighted by Gasteiger charge is 2.49. The molecule has 138 valence electrons. The first kappa shape index (κ1) is 17.3. The van der Waals surface area contributed by atoms with E-state index in [1.54, 1.807) is 13.0 Å². The Hall–Kier alpha value is -3.16. The molecule has 1 unspecified atom stereocenters. The number of aryl methyl sites for hydroxylation is 2. The van der Waals surface area contributed by atoms with E-state index in [2.05, 4.69) is 20.2 Å². The number of alkyl halides is 2. The minimum absolute atomic E-state index is 0.322. The number of aromatic amines is 1. The lowest BCUT2D eigenvalue weighted by Gasteiger charge is -2.37. The molecule has 27 heavy (non-hydrogen) atoms. The fraction of sp³-hybridized carbons (Fsp3) is 0.211. The second-order valence-corrected chi connectivity index (χ2v) is 6.48. The van der Waals surface area contributed by atoms with Crippen LogP contribution in [0.1, 0.15) is 22.5 Å². The molecule has 0 fully saturated rings. The summed E-state index contributed by atoms with van der Waals surface area (Å²) in [4.78, 5) is 9.07. The topological polar surface area (TPSA) is 57.2 Å². The molecule has 1 aliphatic heterocycles. The molecule has 0 aliphatic carbocycles. The molecule has 1 N–H and O–H groups in total. The molecule has 3 heterocycles. The monoisotopic (exact) mass is 371 g/mol. The molecule has 3 aromatic rings. The highest BCUT2D eigenvalue weighted by molar-refractivity contribution is 5.92. The molecular weight excluding hydrogens is 355 g/mol. The number of anilines is 2. The normalized spacial score (nSPS) is 16.5. The molecule has 5 nitrogen and oxygen atoms in total. The van der Waals surface area contributed by atoms with Gasteiger partial charge in [0.25, 0.3) is 0 Å². The number of fused-ring (bicyclic) bond motifs is 1. The van der Waals surface area contributed by atoms with Crippen LogP contribution >= 0.6 is 0 Å². The van der Waals surface area contributed by atoms with E-state index in [4.69, 9.17) is 0 Å². The SMILES string of the molecule is Cc1ccc2c(c1)N(c1cc(C)[nH]n1)C(C(F)(F)c1ccc(F)cn1)N=C2. The van der Waals surface area contributed by atoms with Gasteiger partial charge in [0.05, 0.1) is 11.9 Å². The number of hydrogen-bond acceptors (Lipinski definition) is 4. The fourth-order valence-electron chi connectivity index (χ4n) is 3.06. The van der Waals surface area contributed by atoms with Crippen molar-refractivity contribution in [2.45, 2.75) is 25.9 Å². The molecule has 2 aromatic heterocycles. The van der Waals surface area contributed by atoms with E-state index in [1.165, 1.54) is 11.1 Å². The molecule has 1 aliphatic rings. The average Bonchev–Trinajstić information content (AvgIpc) is 3.07. The van der Waals surface area contributed by atoms with Crippen LogP contribution < -0.4 is 4.90 Å². The minimum Gasteiger partial charge on any atom is -0.296 e. The van der Waals surface area contributed by atoms with Crippen LogP contribution in [0.25, 0.3) is 0 Å². The van der Waals surface area contributed by atoms with Crippen molar-refractivity contribution in [3.63, 3.8) is 0 Å². The Kier molecular flexibility index (Phi) is 3.98. The van der Waals surface area contributed by atoms with Gasteiger partial charge in [-0.1, -0.05) is 12.1 Å². The number of halogens is 3. The molecular formula is C19H16F3N5. The summed E-state index contributed by atoms with van der Waals surface area (Å²) in [5, 5.41) is 6.93. The van der Waals surface area contributed by atoms with Gasteiger partial charge in [-0.2, -0.15) is 13.9 Å². The van der Waals surface area contributed by atoms with Crippen molar-refractivity contribution in [1.29, 1.82) is 0 Å². The largest absolute Gasteiger partial charge is 0.329 e. The van der Waals surface area contributed by atoms with Crippen LogP contribution in [-0.4, -0.2) is 27.6 Å². The second-order valence-electron chi connectivity index (χ2n) is 6.48. The van der Waals surface area contributed by atoms with Crippen molar-refractivity contribution in [2.75, 3.05) is 4.90 Å². The van der Waals surface area contributed by atoms with E-state index < -0.39 is 23.6 Å². The van der Waals surface area contributed by atoms with Gasteiger partial charge in [-0.25, -0.2) is 4.39 Å². The summed E-state index contributed by atoms with van der Waals surface area (Å²) in [7, 11) is 0. The number of rotatable bonds is 3. The van der Waals surface area contributed by atoms with E-state index in [-0.39, 0.29) is 0 Å². The predicted molar refractivity (Wildman–Crippen MR) is 96.1 cm³/mol. The van der Waals surface area contributed by atoms with Crippen LogP contribution in [0.3, 0.4) is 0 Å². The zero-order valence-electron chi connectivity index (χ0n) is 14.6. The zero-order valence-corrected chi connectivity index (χ0v) is 14.6. The predicted octanol–water partition coefficient (Wildman–Crippen LogP) is 4.25. The van der Waals surface area contributed by atoms with Gasteiger partial charge < -0.3 is 0 Å². The summed E-state index contributed by atoms with van der Waals surface area (Å²) in [6, 6.07) is 9.14. The highest BCUT2D eigenvalue weighted by atomic mass is 19.3. The third-order valence-corrected chi connectivity index (χ3v) is 4.38. The first-order chi connectivity index (χ1) is 12.9. The first-order valence-electron chi connectivity index (χ1n) is 8.31. The number of H-pyrrole nitrogens is 1. The Balaban J connectivity index is 1.87. The summed E-state index contributed by atoms with van der Waals surface area (Å²) < 4.78 is 43.8. The zero-order chi connectivity index (χ0) is 19.2. The Morgan fingerprint density at radius 1 is 1.11 bits per heavy atom. The van der Waals surface area contributed by atoms with Crippen molar-refractivity contribution in [2.24, 2.45) is 4.99 Å². The highest BCUT2D eigenvalue weighted by Crippen LogP contribution is 2.42. The van der Waals surface area contributed by atoms with Crippen molar-refractivity contribution >= 4 is 17.7 Å². The van der Waals surface area contributed by atoms with E-state index in [0.717, 1.165) is 29.6 Å². The second kappa shape index (κ2) is 6.22. The molecule has 0 radical (unpaired) electrons. The molecule has 0 spiro atoms. The first-order valence-corrected chi connectivity index (χ1v) is 8.31. The number of aromatic nitrogens is 3. The summed E-state index contributed by atoms with van der Waals surface area (Å²) in [6.45, 7) is 3.67. The van der Waals surface area contributed by atoms with Crippen molar-refractivity contribution in [1.82, 2.24) is 15.2 Å². The van der Waals surface area contributed by atoms with Gasteiger partial charge >= 0.3 is 5.92 Å². The van der Waals surface area contributed by atoms with Crippen LogP contribution in [0.2, 0.25) is 0 Å². The number of nitrogens with one attached hydrogen (secondary N) is 1. The maximum atomic E-state index is 15.3. The fourth-order valence-corrected chi connectivity index (χ4v) is 3.06. The molecule has 1 atom stereocenters. The van der Waals surface area contributed by atoms with Crippen LogP contribution in [0.15, 0.2) is 47.6 Å². The van der Waals surface area contributed by atoms with Crippen molar-refractivity contribution in [3.05, 3.63) is 70.9 Å². The third-order valence-electron chi connectivity index (χ3n) is 4.38. The number of aliphatic imine (C=N–C) groups is 1. The van der Waals surface area contributed by atoms with E-state index in [9.17, 15) is 4.39 Å². The maximum absolute atomic E-state index is 15.3. The Bertz CT molecular complexity index is 1010. The van der Waals surface area contributed by atoms with Gasteiger partial charge in [0, 0.05) is 23.5 Å². The Labute approximate surface area is 153 Å². The summed E-state index contributed by atoms with van der Waals surface area (Å²) in [6.07, 6.45) is 0.594. The standard InChI is InChI=1S/C19H16F3N5/c1-11-3-4-13-9-24-18(19(21,22)16-6-5-14(20)10-23-16)27(15(13)7-11)17-8-12(2)25-26-17/h3-10,18H,1-2H3,(H,25,26). The van der Waals surface area contributed by atoms with Crippen LogP contribution in [0, 0.1) is 19.7 Å². The molecule has 0 bridgehead atoms. The van der Waals surface area contributed by atoms with Gasteiger partial charge in [-0.15, -0.1) is 0 Å². The third kappa shape index (κ3) is 2.97. The molecule has 0 amide bonds. The van der Waals surface area contributed by atoms with Crippen LogP contribution in [0.4, 0.5) is 24.7 Å². The van der Waals surface area contributed by atoms with E-state index >= 15 is 8.78 Å². The number of nitrogens with zero attached hydrogens (tertiary/aromatic N) is 4. The Morgan fingerprint density at radius 3 is 2.59 bits per heavy atom. The van der Waals surface area contributed by atoms with Gasteiger partial charge in [-0.05, 0) is 37.6 Å². The smallest absolute Gasteiger partial charge is 0.296 e. The lowest BCUT2D eigenvalue weighted by molar-refractivity contribution is -0.0329. The minimum atomic E-state index is -3.47. The van der Waals surface area contributed by atoms with E-state index in [0.29, 0.717) is 17.1 Å². The summed E-state index contributed by atoms with van der Waals surface area (Å²) >= 11 is 0. The summed E-state index contributed by atoms with van der Waals surface area (Å²) in [5.74, 6) is -3.83. The lowest BCUT2D eigenvalue weighted by atomic mass is 10.0. The number of pyridine rings is 1. The number of hydrogen-bond donors (Lipinski definition) is 1. The molecule has 8 heteroatoms. The maximum Gasteiger partial charge on any atom is 0.329 e. The summed E-state index contributed by atoms with van der Waals surface area (Å²) in [5.41, 5.74) is 2.38. The Morgan fingerprint density at radius 2 is 1.93 bits per heavy atom. The van der Waals surface area contributed by atoms with Gasteiger partial charge in [0.2, 0.25) is 0 Å². The van der Waals surface area contributed by atoms with Crippen molar-refractivity contribution < 1.29 is 13.2 Å². The lowest BCUT2D eigenvalue weighted by Crippen LogP contribution is -2.45. The molecule has 0 saturated heterocycles. The number of benzene rings is 1. The molecule has 1 aromatic carbocycles. The quantitative estimate of drug-likeness (QED) is 0.749. The molecule has 4 rings (SSSR count). The average molecular weight is 371 g/mol. The van der Waals surface area contributed by atoms with E-state index in [1.807, 2.05) is 25.1 Å². The van der Waals surface area contributed by atoms with Crippen LogP contribution in [-0.2, 0) is 5.92 Å². The van der Waals surface area contributed by atoms with Gasteiger partial charge in [0.15, 0.2) is 12.0 Å². The van der Waals surface area contributed by atoms with Crippen molar-refractivity contribution in [3.8, 4) is 0 Å². The van der Waals surface area contributed by atoms with Gasteiger partial charge in [-0.3, -0.25) is 20.0 Å². The van der Waals surface area contributed by atoms with Gasteiger partial charge in [0.1, 0.15) is 11.5 Å².